The van der Waals surface area contributed by atoms with Crippen LogP contribution in [0.1, 0.15) is 29.3 Å². The number of aryl methyl sites for hydroxylation is 1. The molecular formula is C17H19FN2O. The highest BCUT2D eigenvalue weighted by atomic mass is 19.1. The SMILES string of the molecule is CCCN(C(=O)c1cccc(C)c1F)c1ccc(N)cc1. The van der Waals surface area contributed by atoms with Gasteiger partial charge in [0.25, 0.3) is 5.91 Å². The number of benzene rings is 2. The Bertz CT molecular complexity index is 638. The van der Waals surface area contributed by atoms with E-state index in [1.807, 2.05) is 6.92 Å². The molecule has 3 nitrogen and oxygen atoms in total. The fraction of sp³-hybridized carbons (Fsp3) is 0.235. The Morgan fingerprint density at radius 2 is 1.86 bits per heavy atom. The molecule has 2 aromatic carbocycles. The smallest absolute Gasteiger partial charge is 0.261 e. The number of anilines is 2. The maximum Gasteiger partial charge on any atom is 0.261 e. The lowest BCUT2D eigenvalue weighted by Gasteiger charge is -2.23. The van der Waals surface area contributed by atoms with E-state index in [4.69, 9.17) is 5.73 Å². The third-order valence-electron chi connectivity index (χ3n) is 3.32. The lowest BCUT2D eigenvalue weighted by Crippen LogP contribution is -2.32. The molecule has 1 amide bonds. The second-order valence-corrected chi connectivity index (χ2v) is 4.98. The Morgan fingerprint density at radius 3 is 2.48 bits per heavy atom. The first kappa shape index (κ1) is 15.0. The van der Waals surface area contributed by atoms with Gasteiger partial charge in [-0.2, -0.15) is 0 Å². The molecule has 0 radical (unpaired) electrons. The molecule has 110 valence electrons. The Balaban J connectivity index is 2.40. The van der Waals surface area contributed by atoms with Crippen molar-refractivity contribution in [2.45, 2.75) is 20.3 Å². The van der Waals surface area contributed by atoms with Crippen LogP contribution in [0.5, 0.6) is 0 Å². The first-order valence-corrected chi connectivity index (χ1v) is 6.97. The average Bonchev–Trinajstić information content (AvgIpc) is 2.48. The summed E-state index contributed by atoms with van der Waals surface area (Å²) < 4.78 is 14.2. The van der Waals surface area contributed by atoms with Crippen molar-refractivity contribution in [3.05, 3.63) is 59.4 Å². The van der Waals surface area contributed by atoms with Crippen LogP contribution in [0.2, 0.25) is 0 Å². The van der Waals surface area contributed by atoms with Gasteiger partial charge in [0.05, 0.1) is 5.56 Å². The molecule has 0 unspecified atom stereocenters. The Kier molecular flexibility index (Phi) is 4.58. The summed E-state index contributed by atoms with van der Waals surface area (Å²) in [4.78, 5) is 14.2. The molecular weight excluding hydrogens is 267 g/mol. The normalized spacial score (nSPS) is 10.4. The van der Waals surface area contributed by atoms with Crippen LogP contribution in [0.15, 0.2) is 42.5 Å². The standard InChI is InChI=1S/C17H19FN2O/c1-3-11-20(14-9-7-13(19)8-10-14)17(21)15-6-4-5-12(2)16(15)18/h4-10H,3,11,19H2,1-2H3. The van der Waals surface area contributed by atoms with Crippen LogP contribution in [0.3, 0.4) is 0 Å². The van der Waals surface area contributed by atoms with Gasteiger partial charge in [0.2, 0.25) is 0 Å². The van der Waals surface area contributed by atoms with Crippen LogP contribution < -0.4 is 10.6 Å². The summed E-state index contributed by atoms with van der Waals surface area (Å²) in [7, 11) is 0. The fourth-order valence-electron chi connectivity index (χ4n) is 2.18. The van der Waals surface area contributed by atoms with Gasteiger partial charge in [-0.15, -0.1) is 0 Å². The second-order valence-electron chi connectivity index (χ2n) is 4.98. The summed E-state index contributed by atoms with van der Waals surface area (Å²) in [5.41, 5.74) is 7.58. The number of amides is 1. The highest BCUT2D eigenvalue weighted by Crippen LogP contribution is 2.21. The molecule has 4 heteroatoms. The first-order chi connectivity index (χ1) is 10.0. The molecule has 2 aromatic rings. The summed E-state index contributed by atoms with van der Waals surface area (Å²) in [6.45, 7) is 4.15. The van der Waals surface area contributed by atoms with Crippen LogP contribution in [0.25, 0.3) is 0 Å². The summed E-state index contributed by atoms with van der Waals surface area (Å²) >= 11 is 0. The molecule has 0 aromatic heterocycles. The van der Waals surface area contributed by atoms with Gasteiger partial charge in [-0.25, -0.2) is 4.39 Å². The van der Waals surface area contributed by atoms with E-state index >= 15 is 0 Å². The minimum atomic E-state index is -0.459. The number of nitrogen functional groups attached to an aromatic ring is 1. The van der Waals surface area contributed by atoms with Crippen molar-refractivity contribution < 1.29 is 9.18 Å². The van der Waals surface area contributed by atoms with Crippen LogP contribution in [-0.4, -0.2) is 12.5 Å². The topological polar surface area (TPSA) is 46.3 Å². The third kappa shape index (κ3) is 3.21. The summed E-state index contributed by atoms with van der Waals surface area (Å²) in [5.74, 6) is -0.790. The molecule has 0 heterocycles. The minimum Gasteiger partial charge on any atom is -0.399 e. The number of carbonyl (C=O) groups excluding carboxylic acids is 1. The van der Waals surface area contributed by atoms with Crippen LogP contribution >= 0.6 is 0 Å². The van der Waals surface area contributed by atoms with Crippen molar-refractivity contribution in [1.29, 1.82) is 0 Å². The van der Waals surface area contributed by atoms with Gasteiger partial charge in [-0.3, -0.25) is 4.79 Å². The molecule has 21 heavy (non-hydrogen) atoms. The molecule has 0 saturated heterocycles. The van der Waals surface area contributed by atoms with E-state index in [0.29, 0.717) is 17.8 Å². The van der Waals surface area contributed by atoms with Gasteiger partial charge in [-0.1, -0.05) is 19.1 Å². The van der Waals surface area contributed by atoms with Gasteiger partial charge < -0.3 is 10.6 Å². The number of nitrogens with two attached hydrogens (primary N) is 1. The zero-order valence-electron chi connectivity index (χ0n) is 12.3. The molecule has 0 fully saturated rings. The molecule has 0 aliphatic heterocycles. The zero-order valence-corrected chi connectivity index (χ0v) is 12.3. The van der Waals surface area contributed by atoms with Gasteiger partial charge in [0.1, 0.15) is 5.82 Å². The Morgan fingerprint density at radius 1 is 1.19 bits per heavy atom. The Hall–Kier alpha value is -2.36. The molecule has 0 bridgehead atoms. The monoisotopic (exact) mass is 286 g/mol. The summed E-state index contributed by atoms with van der Waals surface area (Å²) in [6.07, 6.45) is 0.781. The summed E-state index contributed by atoms with van der Waals surface area (Å²) in [5, 5.41) is 0. The Labute approximate surface area is 124 Å². The van der Waals surface area contributed by atoms with E-state index in [1.165, 1.54) is 6.07 Å². The maximum absolute atomic E-state index is 14.2. The molecule has 0 atom stereocenters. The zero-order chi connectivity index (χ0) is 15.4. The predicted molar refractivity (Wildman–Crippen MR) is 84.0 cm³/mol. The molecule has 2 rings (SSSR count). The van der Waals surface area contributed by atoms with Crippen LogP contribution in [-0.2, 0) is 0 Å². The van der Waals surface area contributed by atoms with Gasteiger partial charge in [-0.05, 0) is 49.2 Å². The van der Waals surface area contributed by atoms with E-state index < -0.39 is 5.82 Å². The van der Waals surface area contributed by atoms with Crippen molar-refractivity contribution in [2.24, 2.45) is 0 Å². The number of rotatable bonds is 4. The summed E-state index contributed by atoms with van der Waals surface area (Å²) in [6, 6.07) is 11.9. The van der Waals surface area contributed by atoms with E-state index in [-0.39, 0.29) is 11.5 Å². The quantitative estimate of drug-likeness (QED) is 0.870. The molecule has 0 saturated carbocycles. The largest absolute Gasteiger partial charge is 0.399 e. The van der Waals surface area contributed by atoms with E-state index in [9.17, 15) is 9.18 Å². The first-order valence-electron chi connectivity index (χ1n) is 6.97. The number of nitrogens with zero attached hydrogens (tertiary/aromatic N) is 1. The molecule has 2 N–H and O–H groups in total. The van der Waals surface area contributed by atoms with Crippen molar-refractivity contribution >= 4 is 17.3 Å². The lowest BCUT2D eigenvalue weighted by atomic mass is 10.1. The van der Waals surface area contributed by atoms with Gasteiger partial charge >= 0.3 is 0 Å². The fourth-order valence-corrected chi connectivity index (χ4v) is 2.18. The van der Waals surface area contributed by atoms with Crippen molar-refractivity contribution in [1.82, 2.24) is 0 Å². The van der Waals surface area contributed by atoms with Gasteiger partial charge in [0.15, 0.2) is 0 Å². The number of hydrogen-bond donors (Lipinski definition) is 1. The van der Waals surface area contributed by atoms with Gasteiger partial charge in [0, 0.05) is 17.9 Å². The molecule has 0 aliphatic carbocycles. The third-order valence-corrected chi connectivity index (χ3v) is 3.32. The number of carbonyl (C=O) groups is 1. The average molecular weight is 286 g/mol. The van der Waals surface area contributed by atoms with Crippen molar-refractivity contribution in [3.8, 4) is 0 Å². The van der Waals surface area contributed by atoms with Crippen LogP contribution in [0.4, 0.5) is 15.8 Å². The molecule has 0 spiro atoms. The minimum absolute atomic E-state index is 0.0975. The molecule has 0 aliphatic rings. The number of halogens is 1. The lowest BCUT2D eigenvalue weighted by molar-refractivity contribution is 0.0983. The van der Waals surface area contributed by atoms with Crippen molar-refractivity contribution in [3.63, 3.8) is 0 Å². The number of hydrogen-bond acceptors (Lipinski definition) is 2. The predicted octanol–water partition coefficient (Wildman–Crippen LogP) is 3.77. The second kappa shape index (κ2) is 6.39. The van der Waals surface area contributed by atoms with E-state index in [1.54, 1.807) is 48.2 Å². The van der Waals surface area contributed by atoms with Crippen LogP contribution in [0, 0.1) is 12.7 Å². The van der Waals surface area contributed by atoms with E-state index in [0.717, 1.165) is 12.1 Å². The highest BCUT2D eigenvalue weighted by molar-refractivity contribution is 6.06. The maximum atomic E-state index is 14.2. The van der Waals surface area contributed by atoms with Crippen molar-refractivity contribution in [2.75, 3.05) is 17.2 Å². The van der Waals surface area contributed by atoms with E-state index in [2.05, 4.69) is 0 Å². The highest BCUT2D eigenvalue weighted by Gasteiger charge is 2.20.